The molecule has 3 heterocycles. The third kappa shape index (κ3) is 2.33. The predicted octanol–water partition coefficient (Wildman–Crippen LogP) is 0.811. The molecule has 0 radical (unpaired) electrons. The van der Waals surface area contributed by atoms with E-state index in [1.807, 2.05) is 0 Å². The second-order valence-corrected chi connectivity index (χ2v) is 5.81. The fourth-order valence-corrected chi connectivity index (χ4v) is 3.31. The number of piperidine rings is 1. The van der Waals surface area contributed by atoms with E-state index < -0.39 is 0 Å². The molecule has 1 amide bonds. The molecule has 2 bridgehead atoms. The normalized spacial score (nSPS) is 44.9. The summed E-state index contributed by atoms with van der Waals surface area (Å²) in [5, 5.41) is 6.57. The standard InChI is InChI=1S/C13H22N2O2/c1-8-2-3-9(7-14-8)13(16)15-11-6-10-4-5-12(11)17-10/h8-12,14H,2-7H2,1H3,(H,15,16). The predicted molar refractivity (Wildman–Crippen MR) is 64.6 cm³/mol. The fraction of sp³-hybridized carbons (Fsp3) is 0.923. The average Bonchev–Trinajstić information content (AvgIpc) is 2.91. The van der Waals surface area contributed by atoms with Crippen molar-refractivity contribution in [3.8, 4) is 0 Å². The van der Waals surface area contributed by atoms with E-state index in [2.05, 4.69) is 17.6 Å². The van der Waals surface area contributed by atoms with E-state index >= 15 is 0 Å². The lowest BCUT2D eigenvalue weighted by atomic mass is 9.92. The van der Waals surface area contributed by atoms with E-state index in [0.29, 0.717) is 18.2 Å². The molecule has 0 aliphatic carbocycles. The Morgan fingerprint density at radius 2 is 2.18 bits per heavy atom. The molecule has 17 heavy (non-hydrogen) atoms. The van der Waals surface area contributed by atoms with Gasteiger partial charge in [0.15, 0.2) is 0 Å². The zero-order valence-corrected chi connectivity index (χ0v) is 10.4. The van der Waals surface area contributed by atoms with Crippen LogP contribution in [0.5, 0.6) is 0 Å². The van der Waals surface area contributed by atoms with Gasteiger partial charge in [0.1, 0.15) is 0 Å². The van der Waals surface area contributed by atoms with Crippen LogP contribution in [-0.2, 0) is 9.53 Å². The molecule has 5 unspecified atom stereocenters. The summed E-state index contributed by atoms with van der Waals surface area (Å²) in [7, 11) is 0. The molecule has 0 spiro atoms. The number of hydrogen-bond acceptors (Lipinski definition) is 3. The summed E-state index contributed by atoms with van der Waals surface area (Å²) in [6, 6.07) is 0.838. The first kappa shape index (κ1) is 11.5. The van der Waals surface area contributed by atoms with Crippen molar-refractivity contribution in [3.63, 3.8) is 0 Å². The molecule has 3 fully saturated rings. The lowest BCUT2D eigenvalue weighted by Gasteiger charge is -2.29. The molecule has 3 rings (SSSR count). The molecule has 0 saturated carbocycles. The minimum Gasteiger partial charge on any atom is -0.373 e. The molecule has 2 N–H and O–H groups in total. The van der Waals surface area contributed by atoms with Crippen molar-refractivity contribution in [1.29, 1.82) is 0 Å². The Hall–Kier alpha value is -0.610. The minimum absolute atomic E-state index is 0.158. The van der Waals surface area contributed by atoms with Crippen molar-refractivity contribution in [1.82, 2.24) is 10.6 Å². The topological polar surface area (TPSA) is 50.4 Å². The molecular formula is C13H22N2O2. The number of nitrogens with one attached hydrogen (secondary N) is 2. The summed E-state index contributed by atoms with van der Waals surface area (Å²) in [5.41, 5.74) is 0. The largest absolute Gasteiger partial charge is 0.373 e. The molecule has 3 aliphatic rings. The summed E-state index contributed by atoms with van der Waals surface area (Å²) in [6.45, 7) is 3.01. The molecule has 0 aromatic carbocycles. The lowest BCUT2D eigenvalue weighted by molar-refractivity contribution is -0.126. The summed E-state index contributed by atoms with van der Waals surface area (Å²) in [4.78, 5) is 12.1. The van der Waals surface area contributed by atoms with Crippen LogP contribution < -0.4 is 10.6 Å². The maximum absolute atomic E-state index is 12.1. The first-order valence-electron chi connectivity index (χ1n) is 6.91. The van der Waals surface area contributed by atoms with Gasteiger partial charge in [0, 0.05) is 12.6 Å². The van der Waals surface area contributed by atoms with Crippen LogP contribution in [0.2, 0.25) is 0 Å². The summed E-state index contributed by atoms with van der Waals surface area (Å²) in [6.07, 6.45) is 6.14. The number of rotatable bonds is 2. The Morgan fingerprint density at radius 3 is 2.76 bits per heavy atom. The van der Waals surface area contributed by atoms with Crippen molar-refractivity contribution in [2.45, 2.75) is 63.3 Å². The fourth-order valence-electron chi connectivity index (χ4n) is 3.31. The van der Waals surface area contributed by atoms with Crippen molar-refractivity contribution in [3.05, 3.63) is 0 Å². The highest BCUT2D eigenvalue weighted by Gasteiger charge is 2.42. The number of hydrogen-bond donors (Lipinski definition) is 2. The van der Waals surface area contributed by atoms with Gasteiger partial charge in [-0.3, -0.25) is 4.79 Å². The van der Waals surface area contributed by atoms with E-state index in [1.165, 1.54) is 6.42 Å². The number of carbonyl (C=O) groups excluding carboxylic acids is 1. The quantitative estimate of drug-likeness (QED) is 0.748. The number of carbonyl (C=O) groups is 1. The molecular weight excluding hydrogens is 216 g/mol. The molecule has 96 valence electrons. The zero-order chi connectivity index (χ0) is 11.8. The Morgan fingerprint density at radius 1 is 1.29 bits per heavy atom. The van der Waals surface area contributed by atoms with Crippen LogP contribution in [0.4, 0.5) is 0 Å². The molecule has 4 nitrogen and oxygen atoms in total. The van der Waals surface area contributed by atoms with E-state index in [0.717, 1.165) is 32.2 Å². The number of ether oxygens (including phenoxy) is 1. The third-order valence-electron chi connectivity index (χ3n) is 4.47. The minimum atomic E-state index is 0.158. The number of fused-ring (bicyclic) bond motifs is 2. The highest BCUT2D eigenvalue weighted by molar-refractivity contribution is 5.79. The molecule has 0 aromatic rings. The van der Waals surface area contributed by atoms with Crippen LogP contribution >= 0.6 is 0 Å². The first-order chi connectivity index (χ1) is 8.22. The highest BCUT2D eigenvalue weighted by Crippen LogP contribution is 2.34. The van der Waals surface area contributed by atoms with Crippen LogP contribution in [0.15, 0.2) is 0 Å². The van der Waals surface area contributed by atoms with Gasteiger partial charge in [-0.15, -0.1) is 0 Å². The van der Waals surface area contributed by atoms with Gasteiger partial charge in [-0.1, -0.05) is 0 Å². The monoisotopic (exact) mass is 238 g/mol. The van der Waals surface area contributed by atoms with Crippen LogP contribution in [0.1, 0.15) is 39.0 Å². The van der Waals surface area contributed by atoms with Gasteiger partial charge < -0.3 is 15.4 Å². The SMILES string of the molecule is CC1CCC(C(=O)NC2CC3CCC2O3)CN1. The first-order valence-corrected chi connectivity index (χ1v) is 6.91. The van der Waals surface area contributed by atoms with Gasteiger partial charge in [-0.2, -0.15) is 0 Å². The smallest absolute Gasteiger partial charge is 0.224 e. The highest BCUT2D eigenvalue weighted by atomic mass is 16.5. The van der Waals surface area contributed by atoms with Crippen molar-refractivity contribution in [2.75, 3.05) is 6.54 Å². The Bertz CT molecular complexity index is 300. The van der Waals surface area contributed by atoms with E-state index in [-0.39, 0.29) is 17.9 Å². The third-order valence-corrected chi connectivity index (χ3v) is 4.47. The van der Waals surface area contributed by atoms with Gasteiger partial charge in [0.2, 0.25) is 5.91 Å². The maximum atomic E-state index is 12.1. The summed E-state index contributed by atoms with van der Waals surface area (Å²) >= 11 is 0. The van der Waals surface area contributed by atoms with Crippen molar-refractivity contribution >= 4 is 5.91 Å². The summed E-state index contributed by atoms with van der Waals surface area (Å²) in [5.74, 6) is 0.385. The summed E-state index contributed by atoms with van der Waals surface area (Å²) < 4.78 is 5.76. The van der Waals surface area contributed by atoms with Gasteiger partial charge in [0.05, 0.1) is 24.2 Å². The molecule has 0 aromatic heterocycles. The molecule has 5 atom stereocenters. The maximum Gasteiger partial charge on any atom is 0.224 e. The van der Waals surface area contributed by atoms with E-state index in [9.17, 15) is 4.79 Å². The average molecular weight is 238 g/mol. The Balaban J connectivity index is 1.50. The van der Waals surface area contributed by atoms with Gasteiger partial charge in [0.25, 0.3) is 0 Å². The van der Waals surface area contributed by atoms with Crippen LogP contribution in [0.25, 0.3) is 0 Å². The van der Waals surface area contributed by atoms with Crippen LogP contribution in [0, 0.1) is 5.92 Å². The van der Waals surface area contributed by atoms with Crippen molar-refractivity contribution < 1.29 is 9.53 Å². The zero-order valence-electron chi connectivity index (χ0n) is 10.4. The number of amides is 1. The second-order valence-electron chi connectivity index (χ2n) is 5.81. The van der Waals surface area contributed by atoms with E-state index in [4.69, 9.17) is 4.74 Å². The van der Waals surface area contributed by atoms with Gasteiger partial charge in [-0.05, 0) is 39.0 Å². The second kappa shape index (κ2) is 4.58. The van der Waals surface area contributed by atoms with E-state index in [1.54, 1.807) is 0 Å². The Kier molecular flexibility index (Phi) is 3.09. The Labute approximate surface area is 102 Å². The lowest BCUT2D eigenvalue weighted by Crippen LogP contribution is -2.49. The van der Waals surface area contributed by atoms with Gasteiger partial charge in [-0.25, -0.2) is 0 Å². The molecule has 3 saturated heterocycles. The van der Waals surface area contributed by atoms with Gasteiger partial charge >= 0.3 is 0 Å². The molecule has 3 aliphatic heterocycles. The van der Waals surface area contributed by atoms with Crippen molar-refractivity contribution in [2.24, 2.45) is 5.92 Å². The molecule has 4 heteroatoms. The van der Waals surface area contributed by atoms with Crippen LogP contribution in [-0.4, -0.2) is 36.7 Å². The van der Waals surface area contributed by atoms with Crippen LogP contribution in [0.3, 0.4) is 0 Å².